The molecule has 0 aliphatic heterocycles. The van der Waals surface area contributed by atoms with Crippen LogP contribution in [0.2, 0.25) is 0 Å². The Morgan fingerprint density at radius 1 is 1.00 bits per heavy atom. The van der Waals surface area contributed by atoms with Crippen LogP contribution in [0.5, 0.6) is 17.2 Å². The van der Waals surface area contributed by atoms with Crippen molar-refractivity contribution >= 4 is 12.1 Å². The van der Waals surface area contributed by atoms with Crippen LogP contribution in [0.15, 0.2) is 12.1 Å². The van der Waals surface area contributed by atoms with Crippen molar-refractivity contribution in [1.82, 2.24) is 5.32 Å². The van der Waals surface area contributed by atoms with Gasteiger partial charge in [-0.25, -0.2) is 9.59 Å². The van der Waals surface area contributed by atoms with Crippen LogP contribution in [-0.4, -0.2) is 42.1 Å². The van der Waals surface area contributed by atoms with E-state index in [1.54, 1.807) is 20.8 Å². The summed E-state index contributed by atoms with van der Waals surface area (Å²) in [6.07, 6.45) is -1.20. The lowest BCUT2D eigenvalue weighted by Crippen LogP contribution is -2.38. The molecular weight excluding hydrogens is 366 g/mol. The minimum absolute atomic E-state index is 0.182. The van der Waals surface area contributed by atoms with E-state index >= 15 is 0 Å². The quantitative estimate of drug-likeness (QED) is 0.685. The number of alkyl carbamates (subject to hydrolysis) is 1. The minimum Gasteiger partial charge on any atom is -0.490 e. The lowest BCUT2D eigenvalue weighted by atomic mass is 10.1. The van der Waals surface area contributed by atoms with Gasteiger partial charge in [0.15, 0.2) is 17.5 Å². The maximum atomic E-state index is 12.1. The number of carbonyl (C=O) groups is 2. The van der Waals surface area contributed by atoms with Crippen molar-refractivity contribution in [2.45, 2.75) is 72.3 Å². The van der Waals surface area contributed by atoms with Crippen LogP contribution in [0.3, 0.4) is 0 Å². The number of hydrogen-bond donors (Lipinski definition) is 2. The van der Waals surface area contributed by atoms with Gasteiger partial charge in [-0.2, -0.15) is 0 Å². The predicted octanol–water partition coefficient (Wildman–Crippen LogP) is 3.92. The lowest BCUT2D eigenvalue weighted by Gasteiger charge is -2.24. The Bertz CT molecular complexity index is 661. The summed E-state index contributed by atoms with van der Waals surface area (Å²) in [6, 6.07) is 1.68. The van der Waals surface area contributed by atoms with Crippen molar-refractivity contribution < 1.29 is 33.6 Å². The highest BCUT2D eigenvalue weighted by molar-refractivity contribution is 5.82. The van der Waals surface area contributed by atoms with E-state index in [1.165, 1.54) is 19.2 Å². The van der Waals surface area contributed by atoms with Gasteiger partial charge >= 0.3 is 12.1 Å². The van der Waals surface area contributed by atoms with Gasteiger partial charge in [-0.05, 0) is 66.2 Å². The third-order valence-electron chi connectivity index (χ3n) is 3.21. The average molecular weight is 397 g/mol. The second-order valence-corrected chi connectivity index (χ2v) is 7.80. The second kappa shape index (κ2) is 9.52. The molecule has 0 bridgehead atoms. The van der Waals surface area contributed by atoms with Gasteiger partial charge in [-0.15, -0.1) is 0 Å². The number of nitrogens with one attached hydrogen (secondary N) is 1. The molecule has 158 valence electrons. The van der Waals surface area contributed by atoms with E-state index in [-0.39, 0.29) is 17.8 Å². The summed E-state index contributed by atoms with van der Waals surface area (Å²) in [5.41, 5.74) is -0.490. The molecule has 1 rings (SSSR count). The van der Waals surface area contributed by atoms with Crippen LogP contribution in [0.4, 0.5) is 4.79 Å². The highest BCUT2D eigenvalue weighted by Gasteiger charge is 2.28. The van der Waals surface area contributed by atoms with E-state index in [0.29, 0.717) is 17.2 Å². The molecule has 8 heteroatoms. The maximum Gasteiger partial charge on any atom is 0.408 e. The Kier molecular flexibility index (Phi) is 7.96. The fourth-order valence-corrected chi connectivity index (χ4v) is 2.36. The number of carboxylic acids is 1. The summed E-state index contributed by atoms with van der Waals surface area (Å²) >= 11 is 0. The van der Waals surface area contributed by atoms with E-state index in [0.717, 1.165) is 0 Å². The molecular formula is C20H31NO7. The topological polar surface area (TPSA) is 103 Å². The molecule has 1 amide bonds. The molecule has 28 heavy (non-hydrogen) atoms. The maximum absolute atomic E-state index is 12.1. The van der Waals surface area contributed by atoms with Crippen LogP contribution in [0.25, 0.3) is 0 Å². The number of benzene rings is 1. The molecule has 0 fully saturated rings. The number of carbonyl (C=O) groups excluding carboxylic acids is 1. The van der Waals surface area contributed by atoms with E-state index in [4.69, 9.17) is 18.9 Å². The third-order valence-corrected chi connectivity index (χ3v) is 3.21. The number of hydrogen-bond acceptors (Lipinski definition) is 6. The zero-order chi connectivity index (χ0) is 21.6. The first-order valence-electron chi connectivity index (χ1n) is 9.11. The van der Waals surface area contributed by atoms with Gasteiger partial charge in [0, 0.05) is 0 Å². The van der Waals surface area contributed by atoms with Crippen molar-refractivity contribution in [2.24, 2.45) is 0 Å². The van der Waals surface area contributed by atoms with Gasteiger partial charge in [0.05, 0.1) is 19.3 Å². The van der Waals surface area contributed by atoms with Crippen molar-refractivity contribution in [3.05, 3.63) is 17.7 Å². The Hall–Kier alpha value is -2.64. The molecule has 1 aromatic carbocycles. The van der Waals surface area contributed by atoms with Gasteiger partial charge in [0.2, 0.25) is 5.75 Å². The highest BCUT2D eigenvalue weighted by Crippen LogP contribution is 2.41. The van der Waals surface area contributed by atoms with Gasteiger partial charge in [-0.1, -0.05) is 0 Å². The van der Waals surface area contributed by atoms with Gasteiger partial charge in [0.25, 0.3) is 0 Å². The third kappa shape index (κ3) is 7.17. The summed E-state index contributed by atoms with van der Waals surface area (Å²) in [5.74, 6) is -0.250. The fraction of sp³-hybridized carbons (Fsp3) is 0.600. The number of methoxy groups -OCH3 is 1. The van der Waals surface area contributed by atoms with E-state index in [2.05, 4.69) is 5.32 Å². The molecule has 0 unspecified atom stereocenters. The largest absolute Gasteiger partial charge is 0.490 e. The molecule has 2 N–H and O–H groups in total. The minimum atomic E-state index is -1.36. The molecule has 0 spiro atoms. The molecule has 1 aromatic rings. The Labute approximate surface area is 166 Å². The summed E-state index contributed by atoms with van der Waals surface area (Å²) in [4.78, 5) is 24.0. The number of carboxylic acid groups (broad SMARTS) is 1. The fourth-order valence-electron chi connectivity index (χ4n) is 2.36. The SMILES string of the molecule is COc1c(OC(C)C)cc([C@@H](NC(=O)OC(C)(C)C)C(=O)O)cc1OC(C)C. The molecule has 8 nitrogen and oxygen atoms in total. The van der Waals surface area contributed by atoms with Gasteiger partial charge in [0.1, 0.15) is 5.60 Å². The van der Waals surface area contributed by atoms with Gasteiger partial charge in [-0.3, -0.25) is 0 Å². The van der Waals surface area contributed by atoms with Crippen molar-refractivity contribution in [3.63, 3.8) is 0 Å². The molecule has 0 aromatic heterocycles. The van der Waals surface area contributed by atoms with Crippen molar-refractivity contribution in [1.29, 1.82) is 0 Å². The summed E-state index contributed by atoms with van der Waals surface area (Å²) < 4.78 is 22.1. The Morgan fingerprint density at radius 3 is 1.79 bits per heavy atom. The van der Waals surface area contributed by atoms with Crippen molar-refractivity contribution in [3.8, 4) is 17.2 Å². The number of aliphatic carboxylic acids is 1. The monoisotopic (exact) mass is 397 g/mol. The van der Waals surface area contributed by atoms with E-state index < -0.39 is 23.7 Å². The molecule has 0 aliphatic carbocycles. The Balaban J connectivity index is 3.39. The van der Waals surface area contributed by atoms with Crippen LogP contribution in [0.1, 0.15) is 60.1 Å². The first-order chi connectivity index (χ1) is 12.8. The lowest BCUT2D eigenvalue weighted by molar-refractivity contribution is -0.139. The predicted molar refractivity (Wildman–Crippen MR) is 104 cm³/mol. The molecule has 0 saturated heterocycles. The van der Waals surface area contributed by atoms with Gasteiger partial charge < -0.3 is 29.4 Å². The first kappa shape index (κ1) is 23.4. The van der Waals surface area contributed by atoms with Crippen LogP contribution in [0, 0.1) is 0 Å². The number of ether oxygens (including phenoxy) is 4. The summed E-state index contributed by atoms with van der Waals surface area (Å²) in [6.45, 7) is 12.4. The van der Waals surface area contributed by atoms with E-state index in [1.807, 2.05) is 27.7 Å². The normalized spacial score (nSPS) is 12.5. The Morgan fingerprint density at radius 2 is 1.46 bits per heavy atom. The zero-order valence-electron chi connectivity index (χ0n) is 17.8. The van der Waals surface area contributed by atoms with Crippen LogP contribution >= 0.6 is 0 Å². The van der Waals surface area contributed by atoms with Crippen LogP contribution < -0.4 is 19.5 Å². The van der Waals surface area contributed by atoms with Crippen LogP contribution in [-0.2, 0) is 9.53 Å². The highest BCUT2D eigenvalue weighted by atomic mass is 16.6. The summed E-state index contributed by atoms with van der Waals surface area (Å²) in [7, 11) is 1.48. The second-order valence-electron chi connectivity index (χ2n) is 7.80. The average Bonchev–Trinajstić information content (AvgIpc) is 2.49. The molecule has 0 aliphatic rings. The van der Waals surface area contributed by atoms with Crippen molar-refractivity contribution in [2.75, 3.05) is 7.11 Å². The molecule has 1 atom stereocenters. The standard InChI is InChI=1S/C20H31NO7/c1-11(2)26-14-9-13(10-15(17(14)25-8)27-12(3)4)16(18(22)23)21-19(24)28-20(5,6)7/h9-12,16H,1-8H3,(H,21,24)(H,22,23)/t16-/m1/s1. The molecule has 0 heterocycles. The zero-order valence-corrected chi connectivity index (χ0v) is 17.8. The van der Waals surface area contributed by atoms with E-state index in [9.17, 15) is 14.7 Å². The first-order valence-corrected chi connectivity index (χ1v) is 9.11. The number of rotatable bonds is 8. The summed E-state index contributed by atoms with van der Waals surface area (Å²) in [5, 5.41) is 12.0. The smallest absolute Gasteiger partial charge is 0.408 e. The molecule has 0 saturated carbocycles. The number of amides is 1. The molecule has 0 radical (unpaired) electrons.